The molecule has 0 bridgehead atoms. The molecule has 0 saturated carbocycles. The predicted octanol–water partition coefficient (Wildman–Crippen LogP) is 3.82. The minimum Gasteiger partial charge on any atom is -0.465 e. The van der Waals surface area contributed by atoms with Gasteiger partial charge in [-0.05, 0) is 54.5 Å². The Morgan fingerprint density at radius 3 is 2.37 bits per heavy atom. The highest BCUT2D eigenvalue weighted by atomic mass is 32.2. The Morgan fingerprint density at radius 1 is 1.11 bits per heavy atom. The van der Waals surface area contributed by atoms with Crippen LogP contribution in [-0.4, -0.2) is 28.0 Å². The summed E-state index contributed by atoms with van der Waals surface area (Å²) in [5.74, 6) is -0.0513. The first-order valence-corrected chi connectivity index (χ1v) is 10.5. The minimum absolute atomic E-state index is 0.0646. The van der Waals surface area contributed by atoms with Gasteiger partial charge in [-0.25, -0.2) is 17.9 Å². The number of carbonyl (C=O) groups excluding carboxylic acids is 1. The van der Waals surface area contributed by atoms with Crippen LogP contribution >= 0.6 is 0 Å². The van der Waals surface area contributed by atoms with Crippen LogP contribution in [0.3, 0.4) is 0 Å². The molecule has 2 aromatic rings. The van der Waals surface area contributed by atoms with Crippen LogP contribution in [0, 0.1) is 6.92 Å². The highest BCUT2D eigenvalue weighted by Crippen LogP contribution is 2.17. The fourth-order valence-corrected chi connectivity index (χ4v) is 3.85. The van der Waals surface area contributed by atoms with Gasteiger partial charge in [0, 0.05) is 6.54 Å². The Bertz CT molecular complexity index is 887. The van der Waals surface area contributed by atoms with Crippen molar-refractivity contribution in [3.8, 4) is 0 Å². The number of sulfonamides is 1. The third kappa shape index (κ3) is 5.65. The van der Waals surface area contributed by atoms with E-state index in [0.29, 0.717) is 24.4 Å². The lowest BCUT2D eigenvalue weighted by molar-refractivity contribution is 0.0599. The number of hydrogen-bond donors (Lipinski definition) is 1. The summed E-state index contributed by atoms with van der Waals surface area (Å²) in [7, 11) is -2.40. The standard InChI is InChI=1S/C21H27NO4S/c1-15(2)18-10-8-17(9-11-18)6-5-13-22-27(24,25)19-12-7-16(3)20(14-19)21(23)26-4/h7-12,14-15,22H,5-6,13H2,1-4H3. The summed E-state index contributed by atoms with van der Waals surface area (Å²) >= 11 is 0. The quantitative estimate of drug-likeness (QED) is 0.550. The molecule has 2 rings (SSSR count). The van der Waals surface area contributed by atoms with Crippen molar-refractivity contribution in [2.75, 3.05) is 13.7 Å². The number of benzene rings is 2. The first kappa shape index (κ1) is 21.1. The molecule has 0 fully saturated rings. The zero-order valence-corrected chi connectivity index (χ0v) is 17.1. The number of nitrogens with one attached hydrogen (secondary N) is 1. The average Bonchev–Trinajstić information content (AvgIpc) is 2.65. The molecule has 5 nitrogen and oxygen atoms in total. The molecule has 0 aromatic heterocycles. The summed E-state index contributed by atoms with van der Waals surface area (Å²) in [6.07, 6.45) is 1.48. The highest BCUT2D eigenvalue weighted by molar-refractivity contribution is 7.89. The van der Waals surface area contributed by atoms with Crippen molar-refractivity contribution in [2.45, 2.75) is 44.4 Å². The van der Waals surface area contributed by atoms with E-state index in [2.05, 4.69) is 42.8 Å². The summed E-state index contributed by atoms with van der Waals surface area (Å²) in [5.41, 5.74) is 3.40. The first-order chi connectivity index (χ1) is 12.7. The lowest BCUT2D eigenvalue weighted by atomic mass is 10.0. The number of ether oxygens (including phenoxy) is 1. The van der Waals surface area contributed by atoms with E-state index in [0.717, 1.165) is 6.42 Å². The van der Waals surface area contributed by atoms with Gasteiger partial charge in [0.1, 0.15) is 0 Å². The van der Waals surface area contributed by atoms with Gasteiger partial charge < -0.3 is 4.74 Å². The molecule has 0 amide bonds. The predicted molar refractivity (Wildman–Crippen MR) is 107 cm³/mol. The topological polar surface area (TPSA) is 72.5 Å². The van der Waals surface area contributed by atoms with Crippen molar-refractivity contribution >= 4 is 16.0 Å². The molecule has 6 heteroatoms. The van der Waals surface area contributed by atoms with Crippen molar-refractivity contribution in [2.24, 2.45) is 0 Å². The number of methoxy groups -OCH3 is 1. The SMILES string of the molecule is COC(=O)c1cc(S(=O)(=O)NCCCc2ccc(C(C)C)cc2)ccc1C. The van der Waals surface area contributed by atoms with E-state index < -0.39 is 16.0 Å². The van der Waals surface area contributed by atoms with E-state index in [4.69, 9.17) is 4.74 Å². The van der Waals surface area contributed by atoms with E-state index in [1.807, 2.05) is 0 Å². The fraction of sp³-hybridized carbons (Fsp3) is 0.381. The number of carbonyl (C=O) groups is 1. The minimum atomic E-state index is -3.67. The summed E-state index contributed by atoms with van der Waals surface area (Å²) in [6.45, 7) is 6.37. The van der Waals surface area contributed by atoms with Crippen molar-refractivity contribution in [3.63, 3.8) is 0 Å². The largest absolute Gasteiger partial charge is 0.465 e. The van der Waals surface area contributed by atoms with Crippen LogP contribution in [0.1, 0.15) is 53.2 Å². The lowest BCUT2D eigenvalue weighted by Gasteiger charge is -2.10. The molecule has 0 saturated heterocycles. The monoisotopic (exact) mass is 389 g/mol. The second-order valence-corrected chi connectivity index (χ2v) is 8.63. The maximum atomic E-state index is 12.5. The molecular weight excluding hydrogens is 362 g/mol. The Hall–Kier alpha value is -2.18. The number of rotatable bonds is 8. The molecule has 2 aromatic carbocycles. The van der Waals surface area contributed by atoms with E-state index in [1.165, 1.54) is 30.4 Å². The molecule has 0 aliphatic carbocycles. The lowest BCUT2D eigenvalue weighted by Crippen LogP contribution is -2.25. The summed E-state index contributed by atoms with van der Waals surface area (Å²) < 4.78 is 32.2. The molecule has 27 heavy (non-hydrogen) atoms. The third-order valence-corrected chi connectivity index (χ3v) is 5.96. The molecule has 0 spiro atoms. The molecule has 0 radical (unpaired) electrons. The van der Waals surface area contributed by atoms with Gasteiger partial charge in [-0.1, -0.05) is 44.2 Å². The maximum absolute atomic E-state index is 12.5. The van der Waals surface area contributed by atoms with E-state index in [9.17, 15) is 13.2 Å². The molecule has 0 aliphatic rings. The smallest absolute Gasteiger partial charge is 0.338 e. The zero-order chi connectivity index (χ0) is 20.0. The normalized spacial score (nSPS) is 11.6. The Kier molecular flexibility index (Phi) is 7.16. The molecule has 0 atom stereocenters. The summed E-state index contributed by atoms with van der Waals surface area (Å²) in [5, 5.41) is 0. The number of hydrogen-bond acceptors (Lipinski definition) is 4. The van der Waals surface area contributed by atoms with Crippen LogP contribution in [0.25, 0.3) is 0 Å². The second kappa shape index (κ2) is 9.15. The molecule has 0 heterocycles. The fourth-order valence-electron chi connectivity index (χ4n) is 2.75. The Morgan fingerprint density at radius 2 is 1.78 bits per heavy atom. The molecule has 146 valence electrons. The van der Waals surface area contributed by atoms with Gasteiger partial charge in [-0.15, -0.1) is 0 Å². The highest BCUT2D eigenvalue weighted by Gasteiger charge is 2.18. The van der Waals surface area contributed by atoms with Gasteiger partial charge in [0.15, 0.2) is 0 Å². The molecule has 1 N–H and O–H groups in total. The first-order valence-electron chi connectivity index (χ1n) is 9.02. The van der Waals surface area contributed by atoms with Crippen LogP contribution in [0.15, 0.2) is 47.4 Å². The van der Waals surface area contributed by atoms with Gasteiger partial charge in [0.25, 0.3) is 0 Å². The van der Waals surface area contributed by atoms with Crippen molar-refractivity contribution < 1.29 is 17.9 Å². The van der Waals surface area contributed by atoms with Crippen LogP contribution in [-0.2, 0) is 21.2 Å². The Balaban J connectivity index is 1.96. The average molecular weight is 390 g/mol. The number of esters is 1. The van der Waals surface area contributed by atoms with Crippen LogP contribution < -0.4 is 4.72 Å². The van der Waals surface area contributed by atoms with E-state index in [1.54, 1.807) is 13.0 Å². The third-order valence-electron chi connectivity index (χ3n) is 4.51. The van der Waals surface area contributed by atoms with Gasteiger partial charge in [-0.2, -0.15) is 0 Å². The maximum Gasteiger partial charge on any atom is 0.338 e. The van der Waals surface area contributed by atoms with Gasteiger partial charge in [0.2, 0.25) is 10.0 Å². The van der Waals surface area contributed by atoms with Crippen molar-refractivity contribution in [1.82, 2.24) is 4.72 Å². The summed E-state index contributed by atoms with van der Waals surface area (Å²) in [4.78, 5) is 11.8. The van der Waals surface area contributed by atoms with E-state index in [-0.39, 0.29) is 10.5 Å². The van der Waals surface area contributed by atoms with E-state index >= 15 is 0 Å². The van der Waals surface area contributed by atoms with Gasteiger partial charge in [0.05, 0.1) is 17.6 Å². The van der Waals surface area contributed by atoms with Gasteiger partial charge in [-0.3, -0.25) is 0 Å². The van der Waals surface area contributed by atoms with Crippen LogP contribution in [0.4, 0.5) is 0 Å². The van der Waals surface area contributed by atoms with Crippen molar-refractivity contribution in [1.29, 1.82) is 0 Å². The van der Waals surface area contributed by atoms with Crippen molar-refractivity contribution in [3.05, 3.63) is 64.7 Å². The zero-order valence-electron chi connectivity index (χ0n) is 16.3. The van der Waals surface area contributed by atoms with Gasteiger partial charge >= 0.3 is 5.97 Å². The molecule has 0 unspecified atom stereocenters. The number of aryl methyl sites for hydroxylation is 2. The van der Waals surface area contributed by atoms with Crippen LogP contribution in [0.5, 0.6) is 0 Å². The summed E-state index contributed by atoms with van der Waals surface area (Å²) in [6, 6.07) is 12.9. The van der Waals surface area contributed by atoms with Crippen LogP contribution in [0.2, 0.25) is 0 Å². The second-order valence-electron chi connectivity index (χ2n) is 6.87. The molecular formula is C21H27NO4S. The Labute approximate surface area is 161 Å². The molecule has 0 aliphatic heterocycles.